The summed E-state index contributed by atoms with van der Waals surface area (Å²) in [6.45, 7) is 6.05. The Labute approximate surface area is 187 Å². The molecule has 4 aromatic carbocycles. The van der Waals surface area contributed by atoms with Crippen LogP contribution in [0.5, 0.6) is 0 Å². The molecule has 0 fully saturated rings. The molecule has 0 aliphatic carbocycles. The van der Waals surface area contributed by atoms with Crippen molar-refractivity contribution in [3.8, 4) is 22.3 Å². The first-order valence-corrected chi connectivity index (χ1v) is 10.9. The average molecular weight is 411 g/mol. The van der Waals surface area contributed by atoms with Gasteiger partial charge in [-0.15, -0.1) is 0 Å². The van der Waals surface area contributed by atoms with E-state index in [1.807, 2.05) is 12.3 Å². The van der Waals surface area contributed by atoms with E-state index in [4.69, 9.17) is 0 Å². The average Bonchev–Trinajstić information content (AvgIpc) is 3.34. The molecule has 32 heavy (non-hydrogen) atoms. The minimum atomic E-state index is 1.12. The molecule has 0 saturated heterocycles. The standard InChI is InChI=1S/C30H22N2/c1-3-21-11-13-22(14-12-21)23-15-16-25-27(19-23)30-26(24-8-5-4-7-20(24)2)9-6-10-29(30)32-28(25)17-18-31-32/h3-19H,1H2,2H3. The maximum absolute atomic E-state index is 4.66. The molecule has 0 amide bonds. The van der Waals surface area contributed by atoms with Crippen molar-refractivity contribution in [1.29, 1.82) is 0 Å². The zero-order valence-electron chi connectivity index (χ0n) is 17.9. The van der Waals surface area contributed by atoms with Crippen LogP contribution >= 0.6 is 0 Å². The van der Waals surface area contributed by atoms with Crippen LogP contribution in [0.1, 0.15) is 11.1 Å². The van der Waals surface area contributed by atoms with Gasteiger partial charge in [-0.2, -0.15) is 5.10 Å². The van der Waals surface area contributed by atoms with Crippen molar-refractivity contribution in [2.45, 2.75) is 6.92 Å². The Kier molecular flexibility index (Phi) is 4.19. The number of fused-ring (bicyclic) bond motifs is 6. The Morgan fingerprint density at radius 1 is 0.719 bits per heavy atom. The zero-order valence-corrected chi connectivity index (χ0v) is 17.9. The van der Waals surface area contributed by atoms with Gasteiger partial charge in [0.1, 0.15) is 0 Å². The second-order valence-electron chi connectivity index (χ2n) is 8.23. The summed E-state index contributed by atoms with van der Waals surface area (Å²) in [6, 6.07) is 32.6. The lowest BCUT2D eigenvalue weighted by Gasteiger charge is -2.15. The van der Waals surface area contributed by atoms with E-state index in [1.54, 1.807) is 0 Å². The fourth-order valence-electron chi connectivity index (χ4n) is 4.76. The van der Waals surface area contributed by atoms with Crippen LogP contribution in [0.2, 0.25) is 0 Å². The third kappa shape index (κ3) is 2.77. The summed E-state index contributed by atoms with van der Waals surface area (Å²) in [7, 11) is 0. The van der Waals surface area contributed by atoms with Gasteiger partial charge in [0, 0.05) is 10.8 Å². The van der Waals surface area contributed by atoms with Gasteiger partial charge in [-0.05, 0) is 63.9 Å². The number of rotatable bonds is 3. The molecule has 0 radical (unpaired) electrons. The minimum Gasteiger partial charge on any atom is -0.232 e. The molecule has 0 saturated carbocycles. The second kappa shape index (κ2) is 7.21. The molecule has 6 aromatic rings. The van der Waals surface area contributed by atoms with E-state index in [0.29, 0.717) is 0 Å². The highest BCUT2D eigenvalue weighted by Crippen LogP contribution is 2.39. The van der Waals surface area contributed by atoms with Crippen molar-refractivity contribution < 1.29 is 0 Å². The van der Waals surface area contributed by atoms with Gasteiger partial charge >= 0.3 is 0 Å². The molecule has 2 heterocycles. The maximum atomic E-state index is 4.66. The molecule has 0 aliphatic rings. The smallest absolute Gasteiger partial charge is 0.0747 e. The summed E-state index contributed by atoms with van der Waals surface area (Å²) < 4.78 is 2.07. The summed E-state index contributed by atoms with van der Waals surface area (Å²) in [4.78, 5) is 0. The van der Waals surface area contributed by atoms with Crippen molar-refractivity contribution in [3.05, 3.63) is 115 Å². The van der Waals surface area contributed by atoms with Crippen LogP contribution < -0.4 is 0 Å². The van der Waals surface area contributed by atoms with Gasteiger partial charge in [0.2, 0.25) is 0 Å². The van der Waals surface area contributed by atoms with Crippen LogP contribution in [-0.2, 0) is 0 Å². The fourth-order valence-corrected chi connectivity index (χ4v) is 4.76. The SMILES string of the molecule is C=Cc1ccc(-c2ccc3c(c2)c2c(-c4ccccc4C)cccc2n2nccc32)cc1. The Balaban J connectivity index is 1.74. The molecule has 0 aliphatic heterocycles. The predicted molar refractivity (Wildman–Crippen MR) is 136 cm³/mol. The monoisotopic (exact) mass is 410 g/mol. The third-order valence-electron chi connectivity index (χ3n) is 6.39. The van der Waals surface area contributed by atoms with Gasteiger partial charge in [-0.1, -0.05) is 85.5 Å². The minimum absolute atomic E-state index is 1.12. The molecule has 0 unspecified atom stereocenters. The van der Waals surface area contributed by atoms with E-state index in [0.717, 1.165) is 16.6 Å². The van der Waals surface area contributed by atoms with Gasteiger partial charge in [0.15, 0.2) is 0 Å². The van der Waals surface area contributed by atoms with Crippen LogP contribution in [0.4, 0.5) is 0 Å². The van der Waals surface area contributed by atoms with E-state index in [1.165, 1.54) is 44.0 Å². The van der Waals surface area contributed by atoms with Crippen LogP contribution in [-0.4, -0.2) is 9.61 Å². The third-order valence-corrected chi connectivity index (χ3v) is 6.39. The lowest BCUT2D eigenvalue weighted by atomic mass is 9.92. The van der Waals surface area contributed by atoms with E-state index >= 15 is 0 Å². The summed E-state index contributed by atoms with van der Waals surface area (Å²) >= 11 is 0. The summed E-state index contributed by atoms with van der Waals surface area (Å²) in [5.74, 6) is 0. The van der Waals surface area contributed by atoms with Gasteiger partial charge < -0.3 is 0 Å². The number of nitrogens with zero attached hydrogens (tertiary/aromatic N) is 2. The van der Waals surface area contributed by atoms with Crippen molar-refractivity contribution in [1.82, 2.24) is 9.61 Å². The Morgan fingerprint density at radius 3 is 2.31 bits per heavy atom. The largest absolute Gasteiger partial charge is 0.232 e. The second-order valence-corrected chi connectivity index (χ2v) is 8.23. The van der Waals surface area contributed by atoms with E-state index in [-0.39, 0.29) is 0 Å². The predicted octanol–water partition coefficient (Wildman–Crippen LogP) is 7.93. The quantitative estimate of drug-likeness (QED) is 0.271. The Bertz CT molecular complexity index is 1640. The highest BCUT2D eigenvalue weighted by Gasteiger charge is 2.15. The van der Waals surface area contributed by atoms with Crippen LogP contribution in [0, 0.1) is 6.92 Å². The number of pyridine rings is 1. The zero-order chi connectivity index (χ0) is 21.7. The molecule has 2 nitrogen and oxygen atoms in total. The van der Waals surface area contributed by atoms with Crippen LogP contribution in [0.15, 0.2) is 104 Å². The highest BCUT2D eigenvalue weighted by molar-refractivity contribution is 6.18. The Morgan fingerprint density at radius 2 is 1.50 bits per heavy atom. The first-order valence-electron chi connectivity index (χ1n) is 10.9. The summed E-state index contributed by atoms with van der Waals surface area (Å²) in [5.41, 5.74) is 9.55. The van der Waals surface area contributed by atoms with Crippen LogP contribution in [0.3, 0.4) is 0 Å². The topological polar surface area (TPSA) is 17.3 Å². The lowest BCUT2D eigenvalue weighted by Crippen LogP contribution is -1.95. The molecule has 6 rings (SSSR count). The number of aryl methyl sites for hydroxylation is 1. The van der Waals surface area contributed by atoms with E-state index in [2.05, 4.69) is 114 Å². The molecule has 152 valence electrons. The van der Waals surface area contributed by atoms with Crippen molar-refractivity contribution >= 4 is 33.3 Å². The molecule has 0 atom stereocenters. The van der Waals surface area contributed by atoms with Crippen molar-refractivity contribution in [3.63, 3.8) is 0 Å². The normalized spacial score (nSPS) is 11.4. The molecule has 2 heteroatoms. The molecule has 0 bridgehead atoms. The summed E-state index contributed by atoms with van der Waals surface area (Å²) in [5, 5.41) is 8.35. The number of benzene rings is 4. The highest BCUT2D eigenvalue weighted by atomic mass is 15.2. The first kappa shape index (κ1) is 18.6. The molecule has 2 aromatic heterocycles. The van der Waals surface area contributed by atoms with Gasteiger partial charge in [0.25, 0.3) is 0 Å². The number of hydrogen-bond acceptors (Lipinski definition) is 1. The Hall–Kier alpha value is -4.17. The number of hydrogen-bond donors (Lipinski definition) is 0. The fraction of sp³-hybridized carbons (Fsp3) is 0.0333. The van der Waals surface area contributed by atoms with Crippen molar-refractivity contribution in [2.75, 3.05) is 0 Å². The molecular formula is C30H22N2. The van der Waals surface area contributed by atoms with Crippen LogP contribution in [0.25, 0.3) is 55.5 Å². The number of aromatic nitrogens is 2. The molecular weight excluding hydrogens is 388 g/mol. The van der Waals surface area contributed by atoms with E-state index in [9.17, 15) is 0 Å². The van der Waals surface area contributed by atoms with Gasteiger partial charge in [0.05, 0.1) is 17.2 Å². The maximum Gasteiger partial charge on any atom is 0.0747 e. The van der Waals surface area contributed by atoms with E-state index < -0.39 is 0 Å². The first-order chi connectivity index (χ1) is 15.7. The van der Waals surface area contributed by atoms with Gasteiger partial charge in [-0.3, -0.25) is 0 Å². The molecule has 0 spiro atoms. The lowest BCUT2D eigenvalue weighted by molar-refractivity contribution is 1.01. The van der Waals surface area contributed by atoms with Crippen molar-refractivity contribution in [2.24, 2.45) is 0 Å². The molecule has 0 N–H and O–H groups in total. The summed E-state index contributed by atoms with van der Waals surface area (Å²) in [6.07, 6.45) is 3.76. The van der Waals surface area contributed by atoms with Gasteiger partial charge in [-0.25, -0.2) is 4.52 Å².